The Kier molecular flexibility index (Phi) is 6.84. The van der Waals surface area contributed by atoms with Crippen molar-refractivity contribution in [2.75, 3.05) is 7.11 Å². The minimum atomic E-state index is -1.11. The summed E-state index contributed by atoms with van der Waals surface area (Å²) in [4.78, 5) is 23.4. The van der Waals surface area contributed by atoms with E-state index in [9.17, 15) is 14.7 Å². The second-order valence-electron chi connectivity index (χ2n) is 4.69. The Morgan fingerprint density at radius 3 is 2.38 bits per heavy atom. The number of hydrogen-bond donors (Lipinski definition) is 2. The molecule has 0 bridgehead atoms. The van der Waals surface area contributed by atoms with Gasteiger partial charge in [-0.1, -0.05) is 30.3 Å². The molecule has 0 saturated heterocycles. The Labute approximate surface area is 124 Å². The maximum atomic E-state index is 11.9. The van der Waals surface area contributed by atoms with Crippen molar-refractivity contribution in [2.45, 2.75) is 38.7 Å². The molecular weight excluding hydrogens is 274 g/mol. The smallest absolute Gasteiger partial charge is 0.331 e. The summed E-state index contributed by atoms with van der Waals surface area (Å²) in [5, 5.41) is 11.9. The van der Waals surface area contributed by atoms with Crippen molar-refractivity contribution >= 4 is 11.9 Å². The maximum Gasteiger partial charge on any atom is 0.331 e. The quantitative estimate of drug-likeness (QED) is 0.721. The van der Waals surface area contributed by atoms with Crippen molar-refractivity contribution < 1.29 is 24.2 Å². The molecule has 6 heteroatoms. The number of hydrogen-bond acceptors (Lipinski definition) is 5. The van der Waals surface area contributed by atoms with Gasteiger partial charge in [-0.25, -0.2) is 4.79 Å². The zero-order valence-corrected chi connectivity index (χ0v) is 12.4. The third-order valence-corrected chi connectivity index (χ3v) is 2.95. The summed E-state index contributed by atoms with van der Waals surface area (Å²) in [6.07, 6.45) is -1.81. The molecule has 6 nitrogen and oxygen atoms in total. The fourth-order valence-corrected chi connectivity index (χ4v) is 1.65. The molecule has 0 heterocycles. The second kappa shape index (κ2) is 8.39. The van der Waals surface area contributed by atoms with E-state index in [0.717, 1.165) is 5.56 Å². The number of rotatable bonds is 7. The van der Waals surface area contributed by atoms with Gasteiger partial charge in [0, 0.05) is 0 Å². The molecule has 2 N–H and O–H groups in total. The number of aliphatic hydroxyl groups is 1. The van der Waals surface area contributed by atoms with Gasteiger partial charge in [0.05, 0.1) is 19.8 Å². The Morgan fingerprint density at radius 2 is 1.86 bits per heavy atom. The number of nitrogens with one attached hydrogen (secondary N) is 1. The van der Waals surface area contributed by atoms with Gasteiger partial charge in [0.15, 0.2) is 6.04 Å². The van der Waals surface area contributed by atoms with Crippen LogP contribution >= 0.6 is 0 Å². The van der Waals surface area contributed by atoms with E-state index in [-0.39, 0.29) is 6.61 Å². The number of aliphatic hydroxyl groups excluding tert-OH is 1. The monoisotopic (exact) mass is 295 g/mol. The molecule has 0 radical (unpaired) electrons. The summed E-state index contributed by atoms with van der Waals surface area (Å²) in [5.41, 5.74) is 0.942. The normalized spacial score (nSPS) is 14.9. The summed E-state index contributed by atoms with van der Waals surface area (Å²) < 4.78 is 9.97. The predicted molar refractivity (Wildman–Crippen MR) is 76.3 cm³/mol. The van der Waals surface area contributed by atoms with Crippen LogP contribution in [0.5, 0.6) is 0 Å². The Hall–Kier alpha value is -1.92. The van der Waals surface area contributed by atoms with Crippen molar-refractivity contribution in [1.82, 2.24) is 5.32 Å². The van der Waals surface area contributed by atoms with Crippen LogP contribution in [0.3, 0.4) is 0 Å². The number of esters is 1. The van der Waals surface area contributed by atoms with Crippen LogP contribution in [0.4, 0.5) is 0 Å². The highest BCUT2D eigenvalue weighted by molar-refractivity contribution is 5.87. The lowest BCUT2D eigenvalue weighted by molar-refractivity contribution is -0.150. The summed E-state index contributed by atoms with van der Waals surface area (Å²) in [6, 6.07) is 8.32. The average molecular weight is 295 g/mol. The highest BCUT2D eigenvalue weighted by Gasteiger charge is 2.28. The first-order valence-electron chi connectivity index (χ1n) is 6.67. The van der Waals surface area contributed by atoms with Crippen molar-refractivity contribution in [1.29, 1.82) is 0 Å². The van der Waals surface area contributed by atoms with Gasteiger partial charge >= 0.3 is 5.97 Å². The highest BCUT2D eigenvalue weighted by Crippen LogP contribution is 2.04. The average Bonchev–Trinajstić information content (AvgIpc) is 2.49. The fraction of sp³-hybridized carbons (Fsp3) is 0.467. The molecule has 0 fully saturated rings. The molecule has 0 aliphatic heterocycles. The number of carbonyl (C=O) groups is 2. The van der Waals surface area contributed by atoms with Gasteiger partial charge < -0.3 is 19.9 Å². The lowest BCUT2D eigenvalue weighted by atomic mass is 10.1. The Morgan fingerprint density at radius 1 is 1.24 bits per heavy atom. The second-order valence-corrected chi connectivity index (χ2v) is 4.69. The van der Waals surface area contributed by atoms with Crippen LogP contribution in [0.1, 0.15) is 19.4 Å². The lowest BCUT2D eigenvalue weighted by Gasteiger charge is -2.21. The first kappa shape index (κ1) is 17.1. The summed E-state index contributed by atoms with van der Waals surface area (Å²) >= 11 is 0. The van der Waals surface area contributed by atoms with E-state index in [0.29, 0.717) is 0 Å². The molecule has 0 spiro atoms. The van der Waals surface area contributed by atoms with Gasteiger partial charge in [0.1, 0.15) is 6.10 Å². The number of benzene rings is 1. The van der Waals surface area contributed by atoms with Gasteiger partial charge in [-0.05, 0) is 19.4 Å². The SMILES string of the molecule is COC(=O)[C@@H](NC(=O)C(C)OCc1ccccc1)C(C)O. The van der Waals surface area contributed by atoms with Crippen molar-refractivity contribution in [3.8, 4) is 0 Å². The van der Waals surface area contributed by atoms with Crippen LogP contribution in [-0.4, -0.2) is 42.3 Å². The summed E-state index contributed by atoms with van der Waals surface area (Å²) in [7, 11) is 1.19. The van der Waals surface area contributed by atoms with Crippen LogP contribution in [0.25, 0.3) is 0 Å². The van der Waals surface area contributed by atoms with E-state index < -0.39 is 30.1 Å². The van der Waals surface area contributed by atoms with Crippen molar-refractivity contribution in [2.24, 2.45) is 0 Å². The Bertz CT molecular complexity index is 460. The molecule has 0 aliphatic carbocycles. The van der Waals surface area contributed by atoms with E-state index in [1.165, 1.54) is 14.0 Å². The summed E-state index contributed by atoms with van der Waals surface area (Å²) in [5.74, 6) is -1.18. The van der Waals surface area contributed by atoms with Crippen LogP contribution in [0.15, 0.2) is 30.3 Å². The third-order valence-electron chi connectivity index (χ3n) is 2.95. The minimum Gasteiger partial charge on any atom is -0.467 e. The van der Waals surface area contributed by atoms with Crippen LogP contribution in [0, 0.1) is 0 Å². The lowest BCUT2D eigenvalue weighted by Crippen LogP contribution is -2.51. The van der Waals surface area contributed by atoms with Crippen LogP contribution < -0.4 is 5.32 Å². The first-order valence-corrected chi connectivity index (χ1v) is 6.67. The number of methoxy groups -OCH3 is 1. The number of carbonyl (C=O) groups excluding carboxylic acids is 2. The number of ether oxygens (including phenoxy) is 2. The Balaban J connectivity index is 2.51. The molecule has 0 aromatic heterocycles. The predicted octanol–water partition coefficient (Wildman–Crippen LogP) is 0.630. The maximum absolute atomic E-state index is 11.9. The van der Waals surface area contributed by atoms with Gasteiger partial charge in [-0.2, -0.15) is 0 Å². The molecule has 2 unspecified atom stereocenters. The molecule has 21 heavy (non-hydrogen) atoms. The fourth-order valence-electron chi connectivity index (χ4n) is 1.65. The van der Waals surface area contributed by atoms with Crippen molar-refractivity contribution in [3.05, 3.63) is 35.9 Å². The molecular formula is C15H21NO5. The third kappa shape index (κ3) is 5.53. The highest BCUT2D eigenvalue weighted by atomic mass is 16.5. The topological polar surface area (TPSA) is 84.9 Å². The summed E-state index contributed by atoms with van der Waals surface area (Å²) in [6.45, 7) is 3.26. The van der Waals surface area contributed by atoms with Crippen LogP contribution in [-0.2, 0) is 25.7 Å². The van der Waals surface area contributed by atoms with Crippen LogP contribution in [0.2, 0.25) is 0 Å². The van der Waals surface area contributed by atoms with E-state index in [1.807, 2.05) is 30.3 Å². The van der Waals surface area contributed by atoms with E-state index in [2.05, 4.69) is 10.1 Å². The van der Waals surface area contributed by atoms with Gasteiger partial charge in [-0.15, -0.1) is 0 Å². The molecule has 1 amide bonds. The zero-order chi connectivity index (χ0) is 15.8. The molecule has 116 valence electrons. The number of amides is 1. The first-order chi connectivity index (χ1) is 9.95. The van der Waals surface area contributed by atoms with Crippen molar-refractivity contribution in [3.63, 3.8) is 0 Å². The largest absolute Gasteiger partial charge is 0.467 e. The molecule has 1 aromatic rings. The molecule has 1 aromatic carbocycles. The zero-order valence-electron chi connectivity index (χ0n) is 12.4. The van der Waals surface area contributed by atoms with E-state index in [4.69, 9.17) is 4.74 Å². The molecule has 1 rings (SSSR count). The van der Waals surface area contributed by atoms with Gasteiger partial charge in [-0.3, -0.25) is 4.79 Å². The van der Waals surface area contributed by atoms with E-state index in [1.54, 1.807) is 6.92 Å². The van der Waals surface area contributed by atoms with E-state index >= 15 is 0 Å². The minimum absolute atomic E-state index is 0.285. The molecule has 0 aliphatic rings. The van der Waals surface area contributed by atoms with Gasteiger partial charge in [0.2, 0.25) is 5.91 Å². The standard InChI is InChI=1S/C15H21NO5/c1-10(17)13(15(19)20-3)16-14(18)11(2)21-9-12-7-5-4-6-8-12/h4-8,10-11,13,17H,9H2,1-3H3,(H,16,18)/t10?,11?,13-/m0/s1. The molecule has 0 saturated carbocycles. The van der Waals surface area contributed by atoms with Gasteiger partial charge in [0.25, 0.3) is 0 Å². The molecule has 3 atom stereocenters.